The zero-order chi connectivity index (χ0) is 18.4. The first-order valence-corrected chi connectivity index (χ1v) is 8.75. The summed E-state index contributed by atoms with van der Waals surface area (Å²) in [6, 6.07) is 13.5. The molecule has 1 N–H and O–H groups in total. The van der Waals surface area contributed by atoms with Crippen molar-refractivity contribution in [1.82, 2.24) is 9.88 Å². The summed E-state index contributed by atoms with van der Waals surface area (Å²) in [5.74, 6) is -0.543. The Morgan fingerprint density at radius 3 is 2.42 bits per heavy atom. The third-order valence-corrected chi connectivity index (χ3v) is 4.34. The van der Waals surface area contributed by atoms with Gasteiger partial charge in [0.1, 0.15) is 11.4 Å². The predicted octanol–water partition coefficient (Wildman–Crippen LogP) is 3.22. The van der Waals surface area contributed by atoms with Gasteiger partial charge >= 0.3 is 0 Å². The summed E-state index contributed by atoms with van der Waals surface area (Å²) in [6.45, 7) is 1.47. The molecule has 2 heterocycles. The third-order valence-electron chi connectivity index (χ3n) is 4.34. The third kappa shape index (κ3) is 4.25. The van der Waals surface area contributed by atoms with E-state index >= 15 is 0 Å². The highest BCUT2D eigenvalue weighted by Crippen LogP contribution is 2.14. The van der Waals surface area contributed by atoms with Crippen molar-refractivity contribution in [2.75, 3.05) is 18.4 Å². The molecule has 6 heteroatoms. The van der Waals surface area contributed by atoms with Crippen LogP contribution in [0.15, 0.2) is 42.5 Å². The van der Waals surface area contributed by atoms with E-state index in [0.717, 1.165) is 38.8 Å². The summed E-state index contributed by atoms with van der Waals surface area (Å²) in [6.07, 6.45) is 4.28. The number of nitriles is 1. The van der Waals surface area contributed by atoms with Crippen molar-refractivity contribution in [2.24, 2.45) is 0 Å². The van der Waals surface area contributed by atoms with E-state index < -0.39 is 5.91 Å². The minimum Gasteiger partial charge on any atom is -0.337 e. The van der Waals surface area contributed by atoms with Gasteiger partial charge in [0.2, 0.25) is 0 Å². The normalized spacial score (nSPS) is 14.2. The van der Waals surface area contributed by atoms with Crippen LogP contribution in [0.2, 0.25) is 0 Å². The van der Waals surface area contributed by atoms with Crippen molar-refractivity contribution in [3.8, 4) is 6.07 Å². The molecule has 0 atom stereocenters. The monoisotopic (exact) mass is 348 g/mol. The molecule has 3 rings (SSSR count). The Kier molecular flexibility index (Phi) is 5.59. The van der Waals surface area contributed by atoms with Crippen molar-refractivity contribution < 1.29 is 9.59 Å². The molecule has 1 aliphatic rings. The number of benzene rings is 1. The molecular weight excluding hydrogens is 328 g/mol. The van der Waals surface area contributed by atoms with Gasteiger partial charge in [0.15, 0.2) is 0 Å². The Balaban J connectivity index is 1.74. The van der Waals surface area contributed by atoms with Crippen LogP contribution in [0.3, 0.4) is 0 Å². The van der Waals surface area contributed by atoms with E-state index in [2.05, 4.69) is 10.3 Å². The van der Waals surface area contributed by atoms with E-state index in [0.29, 0.717) is 11.3 Å². The average molecular weight is 348 g/mol. The number of amides is 2. The number of rotatable bonds is 3. The van der Waals surface area contributed by atoms with Crippen LogP contribution in [0.5, 0.6) is 0 Å². The van der Waals surface area contributed by atoms with Crippen LogP contribution in [0.4, 0.5) is 5.69 Å². The molecule has 1 aliphatic heterocycles. The number of aromatic nitrogens is 1. The number of carbonyl (C=O) groups excluding carboxylic acids is 2. The number of hydrogen-bond acceptors (Lipinski definition) is 4. The SMILES string of the molecule is N#Cc1cccc(NC(=O)c2cccc(C(=O)N3CCCCCC3)n2)c1. The molecule has 0 radical (unpaired) electrons. The lowest BCUT2D eigenvalue weighted by atomic mass is 10.2. The van der Waals surface area contributed by atoms with Gasteiger partial charge in [-0.2, -0.15) is 5.26 Å². The average Bonchev–Trinajstić information content (AvgIpc) is 2.97. The predicted molar refractivity (Wildman–Crippen MR) is 97.7 cm³/mol. The van der Waals surface area contributed by atoms with E-state index in [1.165, 1.54) is 0 Å². The van der Waals surface area contributed by atoms with E-state index in [9.17, 15) is 9.59 Å². The molecular formula is C20H20N4O2. The summed E-state index contributed by atoms with van der Waals surface area (Å²) in [7, 11) is 0. The van der Waals surface area contributed by atoms with Gasteiger partial charge in [-0.15, -0.1) is 0 Å². The number of carbonyl (C=O) groups is 2. The molecule has 1 aromatic heterocycles. The number of pyridine rings is 1. The largest absolute Gasteiger partial charge is 0.337 e. The second kappa shape index (κ2) is 8.26. The molecule has 132 valence electrons. The van der Waals surface area contributed by atoms with Gasteiger partial charge in [-0.05, 0) is 43.2 Å². The topological polar surface area (TPSA) is 86.1 Å². The highest BCUT2D eigenvalue weighted by molar-refractivity contribution is 6.03. The molecule has 0 bridgehead atoms. The van der Waals surface area contributed by atoms with Crippen LogP contribution in [-0.4, -0.2) is 34.8 Å². The van der Waals surface area contributed by atoms with Crippen LogP contribution in [0.25, 0.3) is 0 Å². The number of nitrogens with zero attached hydrogens (tertiary/aromatic N) is 3. The number of nitrogens with one attached hydrogen (secondary N) is 1. The second-order valence-corrected chi connectivity index (χ2v) is 6.26. The van der Waals surface area contributed by atoms with Gasteiger partial charge in [-0.1, -0.05) is 25.0 Å². The van der Waals surface area contributed by atoms with Crippen molar-refractivity contribution >= 4 is 17.5 Å². The molecule has 2 amide bonds. The fourth-order valence-electron chi connectivity index (χ4n) is 2.98. The van der Waals surface area contributed by atoms with Crippen LogP contribution in [-0.2, 0) is 0 Å². The molecule has 1 fully saturated rings. The first-order chi connectivity index (χ1) is 12.7. The molecule has 26 heavy (non-hydrogen) atoms. The van der Waals surface area contributed by atoms with Crippen molar-refractivity contribution in [3.05, 3.63) is 59.4 Å². The smallest absolute Gasteiger partial charge is 0.274 e. The van der Waals surface area contributed by atoms with Gasteiger partial charge < -0.3 is 10.2 Å². The molecule has 0 saturated carbocycles. The van der Waals surface area contributed by atoms with Gasteiger partial charge in [0.25, 0.3) is 11.8 Å². The zero-order valence-electron chi connectivity index (χ0n) is 14.4. The summed E-state index contributed by atoms with van der Waals surface area (Å²) >= 11 is 0. The first kappa shape index (κ1) is 17.6. The van der Waals surface area contributed by atoms with Crippen molar-refractivity contribution in [1.29, 1.82) is 5.26 Å². The minimum atomic E-state index is -0.411. The van der Waals surface area contributed by atoms with Gasteiger partial charge in [0, 0.05) is 18.8 Å². The second-order valence-electron chi connectivity index (χ2n) is 6.26. The lowest BCUT2D eigenvalue weighted by Crippen LogP contribution is -2.32. The lowest BCUT2D eigenvalue weighted by molar-refractivity contribution is 0.0755. The lowest BCUT2D eigenvalue weighted by Gasteiger charge is -2.19. The Morgan fingerprint density at radius 2 is 1.69 bits per heavy atom. The maximum absolute atomic E-state index is 12.7. The molecule has 0 unspecified atom stereocenters. The zero-order valence-corrected chi connectivity index (χ0v) is 14.4. The van der Waals surface area contributed by atoms with E-state index in [4.69, 9.17) is 5.26 Å². The van der Waals surface area contributed by atoms with Crippen LogP contribution in [0.1, 0.15) is 52.2 Å². The maximum atomic E-state index is 12.7. The van der Waals surface area contributed by atoms with Crippen molar-refractivity contribution in [3.63, 3.8) is 0 Å². The quantitative estimate of drug-likeness (QED) is 0.923. The highest BCUT2D eigenvalue weighted by Gasteiger charge is 2.19. The Bertz CT molecular complexity index is 849. The van der Waals surface area contributed by atoms with Gasteiger partial charge in [-0.3, -0.25) is 9.59 Å². The van der Waals surface area contributed by atoms with Gasteiger partial charge in [-0.25, -0.2) is 4.98 Å². The standard InChI is InChI=1S/C20H20N4O2/c21-14-15-7-5-8-16(13-15)22-19(25)17-9-6-10-18(23-17)20(26)24-11-3-1-2-4-12-24/h5-10,13H,1-4,11-12H2,(H,22,25). The first-order valence-electron chi connectivity index (χ1n) is 8.75. The van der Waals surface area contributed by atoms with Gasteiger partial charge in [0.05, 0.1) is 11.6 Å². The maximum Gasteiger partial charge on any atom is 0.274 e. The fourth-order valence-corrected chi connectivity index (χ4v) is 2.98. The van der Waals surface area contributed by atoms with Crippen LogP contribution >= 0.6 is 0 Å². The van der Waals surface area contributed by atoms with Crippen LogP contribution in [0, 0.1) is 11.3 Å². The molecule has 0 spiro atoms. The summed E-state index contributed by atoms with van der Waals surface area (Å²) < 4.78 is 0. The summed E-state index contributed by atoms with van der Waals surface area (Å²) in [5, 5.41) is 11.6. The molecule has 1 aromatic carbocycles. The molecule has 0 aliphatic carbocycles. The molecule has 1 saturated heterocycles. The highest BCUT2D eigenvalue weighted by atomic mass is 16.2. The summed E-state index contributed by atoms with van der Waals surface area (Å²) in [4.78, 5) is 31.2. The van der Waals surface area contributed by atoms with E-state index in [1.807, 2.05) is 11.0 Å². The summed E-state index contributed by atoms with van der Waals surface area (Å²) in [5.41, 5.74) is 1.43. The number of likely N-dealkylation sites (tertiary alicyclic amines) is 1. The van der Waals surface area contributed by atoms with Crippen LogP contribution < -0.4 is 5.32 Å². The fraction of sp³-hybridized carbons (Fsp3) is 0.300. The number of anilines is 1. The van der Waals surface area contributed by atoms with E-state index in [-0.39, 0.29) is 17.3 Å². The molecule has 2 aromatic rings. The number of hydrogen-bond donors (Lipinski definition) is 1. The Morgan fingerprint density at radius 1 is 1.00 bits per heavy atom. The minimum absolute atomic E-state index is 0.131. The molecule has 6 nitrogen and oxygen atoms in total. The Hall–Kier alpha value is -3.20. The van der Waals surface area contributed by atoms with Crippen molar-refractivity contribution in [2.45, 2.75) is 25.7 Å². The Labute approximate surface area is 152 Å². The van der Waals surface area contributed by atoms with E-state index in [1.54, 1.807) is 42.5 Å².